The lowest BCUT2D eigenvalue weighted by atomic mass is 9.86. The molecule has 3 fully saturated rings. The quantitative estimate of drug-likeness (QED) is 0.777. The van der Waals surface area contributed by atoms with Crippen molar-refractivity contribution in [3.8, 4) is 0 Å². The summed E-state index contributed by atoms with van der Waals surface area (Å²) < 4.78 is 64.8. The maximum absolute atomic E-state index is 13.4. The number of halogens is 5. The maximum atomic E-state index is 13.4. The Morgan fingerprint density at radius 2 is 1.73 bits per heavy atom. The third-order valence-corrected chi connectivity index (χ3v) is 4.96. The van der Waals surface area contributed by atoms with Gasteiger partial charge in [0, 0.05) is 37.8 Å². The van der Waals surface area contributed by atoms with Gasteiger partial charge in [0.25, 0.3) is 0 Å². The molecule has 1 aromatic heterocycles. The highest BCUT2D eigenvalue weighted by Gasteiger charge is 2.45. The number of nitrogens with zero attached hydrogens (tertiary/aromatic N) is 4. The topological polar surface area (TPSA) is 32.3 Å². The van der Waals surface area contributed by atoms with E-state index in [1.165, 1.54) is 6.07 Å². The molecule has 9 heteroatoms. The van der Waals surface area contributed by atoms with Crippen LogP contribution in [-0.4, -0.2) is 40.0 Å². The summed E-state index contributed by atoms with van der Waals surface area (Å²) in [5.41, 5.74) is -0.283. The molecular formula is C17H15F5N4. The van der Waals surface area contributed by atoms with Gasteiger partial charge in [0.1, 0.15) is 17.8 Å². The zero-order valence-electron chi connectivity index (χ0n) is 13.5. The van der Waals surface area contributed by atoms with E-state index in [4.69, 9.17) is 0 Å². The minimum Gasteiger partial charge on any atom is -0.353 e. The summed E-state index contributed by atoms with van der Waals surface area (Å²) in [5.74, 6) is -1.50. The molecule has 0 N–H and O–H groups in total. The number of hydrogen-bond donors (Lipinski definition) is 0. The van der Waals surface area contributed by atoms with Gasteiger partial charge in [-0.05, 0) is 24.1 Å². The first kappa shape index (κ1) is 17.1. The second kappa shape index (κ2) is 6.15. The highest BCUT2D eigenvalue weighted by molar-refractivity contribution is 5.42. The molecular weight excluding hydrogens is 355 g/mol. The van der Waals surface area contributed by atoms with E-state index in [1.54, 1.807) is 6.07 Å². The average molecular weight is 370 g/mol. The van der Waals surface area contributed by atoms with Gasteiger partial charge in [-0.1, -0.05) is 6.07 Å². The molecule has 2 unspecified atom stereocenters. The highest BCUT2D eigenvalue weighted by atomic mass is 19.4. The molecule has 2 aromatic rings. The van der Waals surface area contributed by atoms with Crippen molar-refractivity contribution in [2.75, 3.05) is 18.0 Å². The summed E-state index contributed by atoms with van der Waals surface area (Å²) >= 11 is 0. The molecule has 1 aromatic carbocycles. The molecule has 3 aliphatic rings. The lowest BCUT2D eigenvalue weighted by Gasteiger charge is -2.56. The fraction of sp³-hybridized carbons (Fsp3) is 0.412. The summed E-state index contributed by atoms with van der Waals surface area (Å²) in [6.07, 6.45) is -2.65. The first-order valence-electron chi connectivity index (χ1n) is 8.15. The van der Waals surface area contributed by atoms with Crippen LogP contribution < -0.4 is 4.90 Å². The second-order valence-corrected chi connectivity index (χ2v) is 6.63. The third-order valence-electron chi connectivity index (χ3n) is 4.96. The van der Waals surface area contributed by atoms with Gasteiger partial charge in [-0.25, -0.2) is 18.7 Å². The van der Waals surface area contributed by atoms with Crippen LogP contribution in [0.2, 0.25) is 0 Å². The Balaban J connectivity index is 1.45. The Morgan fingerprint density at radius 1 is 1.00 bits per heavy atom. The normalized spacial score (nSPS) is 23.0. The standard InChI is InChI=1S/C17H15F5N4/c18-13-2-1-10(3-14(13)19)6-26-11-4-12(26)8-25(7-11)16-5-15(17(20,21)22)23-9-24-16/h1-3,5,9,11-12H,4,6-8H2. The molecule has 0 saturated carbocycles. The van der Waals surface area contributed by atoms with Crippen molar-refractivity contribution in [1.82, 2.24) is 14.9 Å². The van der Waals surface area contributed by atoms with E-state index in [9.17, 15) is 22.0 Å². The van der Waals surface area contributed by atoms with E-state index >= 15 is 0 Å². The summed E-state index contributed by atoms with van der Waals surface area (Å²) in [7, 11) is 0. The van der Waals surface area contributed by atoms with Crippen LogP contribution in [0.4, 0.5) is 27.8 Å². The van der Waals surface area contributed by atoms with E-state index in [2.05, 4.69) is 14.9 Å². The van der Waals surface area contributed by atoms with Crippen molar-refractivity contribution >= 4 is 5.82 Å². The zero-order chi connectivity index (χ0) is 18.5. The van der Waals surface area contributed by atoms with Crippen LogP contribution in [0.5, 0.6) is 0 Å². The van der Waals surface area contributed by atoms with Gasteiger partial charge < -0.3 is 4.90 Å². The summed E-state index contributed by atoms with van der Waals surface area (Å²) in [5, 5.41) is 0. The molecule has 2 atom stereocenters. The van der Waals surface area contributed by atoms with E-state index in [1.807, 2.05) is 4.90 Å². The molecule has 3 aliphatic heterocycles. The van der Waals surface area contributed by atoms with Crippen LogP contribution in [0.1, 0.15) is 17.7 Å². The van der Waals surface area contributed by atoms with E-state index < -0.39 is 23.5 Å². The largest absolute Gasteiger partial charge is 0.433 e. The van der Waals surface area contributed by atoms with E-state index in [0.29, 0.717) is 25.2 Å². The molecule has 4 heterocycles. The average Bonchev–Trinajstić information content (AvgIpc) is 2.62. The number of fused-ring (bicyclic) bond motifs is 2. The van der Waals surface area contributed by atoms with Crippen molar-refractivity contribution < 1.29 is 22.0 Å². The monoisotopic (exact) mass is 370 g/mol. The fourth-order valence-corrected chi connectivity index (χ4v) is 3.66. The number of alkyl halides is 3. The Hall–Kier alpha value is -2.29. The number of piperazine rings is 1. The zero-order valence-corrected chi connectivity index (χ0v) is 13.5. The molecule has 4 nitrogen and oxygen atoms in total. The van der Waals surface area contributed by atoms with Crippen molar-refractivity contribution in [2.24, 2.45) is 0 Å². The minimum atomic E-state index is -4.50. The van der Waals surface area contributed by atoms with Gasteiger partial charge in [-0.2, -0.15) is 13.2 Å². The smallest absolute Gasteiger partial charge is 0.353 e. The molecule has 3 saturated heterocycles. The van der Waals surface area contributed by atoms with Crippen LogP contribution in [0.15, 0.2) is 30.6 Å². The van der Waals surface area contributed by atoms with Gasteiger partial charge in [-0.15, -0.1) is 0 Å². The number of aromatic nitrogens is 2. The van der Waals surface area contributed by atoms with Crippen LogP contribution in [0, 0.1) is 11.6 Å². The lowest BCUT2D eigenvalue weighted by Crippen LogP contribution is -2.68. The lowest BCUT2D eigenvalue weighted by molar-refractivity contribution is -0.141. The summed E-state index contributed by atoms with van der Waals surface area (Å²) in [6, 6.07) is 5.08. The van der Waals surface area contributed by atoms with E-state index in [-0.39, 0.29) is 17.9 Å². The second-order valence-electron chi connectivity index (χ2n) is 6.63. The predicted octanol–water partition coefficient (Wildman–Crippen LogP) is 3.24. The molecule has 0 amide bonds. The highest BCUT2D eigenvalue weighted by Crippen LogP contribution is 2.36. The molecule has 0 aliphatic carbocycles. The number of benzene rings is 1. The van der Waals surface area contributed by atoms with Crippen molar-refractivity contribution in [3.05, 3.63) is 53.5 Å². The molecule has 0 spiro atoms. The molecule has 26 heavy (non-hydrogen) atoms. The van der Waals surface area contributed by atoms with Crippen molar-refractivity contribution in [1.29, 1.82) is 0 Å². The molecule has 138 valence electrons. The number of rotatable bonds is 3. The third kappa shape index (κ3) is 3.11. The minimum absolute atomic E-state index is 0.145. The van der Waals surface area contributed by atoms with Gasteiger partial charge in [-0.3, -0.25) is 4.90 Å². The summed E-state index contributed by atoms with van der Waals surface area (Å²) in [4.78, 5) is 11.2. The Kier molecular flexibility index (Phi) is 4.06. The summed E-state index contributed by atoms with van der Waals surface area (Å²) in [6.45, 7) is 1.56. The predicted molar refractivity (Wildman–Crippen MR) is 83.3 cm³/mol. The maximum Gasteiger partial charge on any atom is 0.433 e. The van der Waals surface area contributed by atoms with Crippen LogP contribution >= 0.6 is 0 Å². The van der Waals surface area contributed by atoms with Gasteiger partial charge in [0.2, 0.25) is 0 Å². The number of hydrogen-bond acceptors (Lipinski definition) is 4. The Morgan fingerprint density at radius 3 is 2.38 bits per heavy atom. The molecule has 0 radical (unpaired) electrons. The van der Waals surface area contributed by atoms with Crippen molar-refractivity contribution in [2.45, 2.75) is 31.2 Å². The SMILES string of the molecule is Fc1ccc(CN2C3CC2CN(c2cc(C(F)(F)F)ncn2)C3)cc1F. The molecule has 5 rings (SSSR count). The Labute approximate surface area is 146 Å². The first-order chi connectivity index (χ1) is 12.3. The van der Waals surface area contributed by atoms with Crippen LogP contribution in [0.25, 0.3) is 0 Å². The van der Waals surface area contributed by atoms with Crippen LogP contribution in [0.3, 0.4) is 0 Å². The van der Waals surface area contributed by atoms with Gasteiger partial charge >= 0.3 is 6.18 Å². The fourth-order valence-electron chi connectivity index (χ4n) is 3.66. The molecule has 2 bridgehead atoms. The number of piperidine rings is 1. The van der Waals surface area contributed by atoms with E-state index in [0.717, 1.165) is 24.9 Å². The number of anilines is 1. The van der Waals surface area contributed by atoms with Crippen LogP contribution in [-0.2, 0) is 12.7 Å². The van der Waals surface area contributed by atoms with Gasteiger partial charge in [0.15, 0.2) is 11.6 Å². The van der Waals surface area contributed by atoms with Gasteiger partial charge in [0.05, 0.1) is 0 Å². The Bertz CT molecular complexity index is 813. The first-order valence-corrected chi connectivity index (χ1v) is 8.15. The van der Waals surface area contributed by atoms with Crippen molar-refractivity contribution in [3.63, 3.8) is 0 Å².